The number of nitrogens with one attached hydrogen (secondary N) is 1. The number of hydrogen-bond donors (Lipinski definition) is 1. The van der Waals surface area contributed by atoms with Crippen LogP contribution in [-0.4, -0.2) is 11.5 Å². The van der Waals surface area contributed by atoms with Gasteiger partial charge in [-0.2, -0.15) is 0 Å². The van der Waals surface area contributed by atoms with Gasteiger partial charge < -0.3 is 5.32 Å². The van der Waals surface area contributed by atoms with Crippen molar-refractivity contribution in [3.63, 3.8) is 0 Å². The molecule has 0 spiro atoms. The van der Waals surface area contributed by atoms with Gasteiger partial charge in [0.25, 0.3) is 0 Å². The van der Waals surface area contributed by atoms with Crippen LogP contribution in [0.1, 0.15) is 40.9 Å². The highest BCUT2D eigenvalue weighted by molar-refractivity contribution is 5.37. The molecule has 1 aromatic carbocycles. The topological polar surface area (TPSA) is 24.9 Å². The van der Waals surface area contributed by atoms with Gasteiger partial charge in [-0.05, 0) is 55.6 Å². The predicted molar refractivity (Wildman–Crippen MR) is 85.0 cm³/mol. The fraction of sp³-hybridized carbons (Fsp3) is 0.389. The number of hydrogen-bond acceptors (Lipinski definition) is 2. The number of nitrogens with zero attached hydrogens (tertiary/aromatic N) is 1. The summed E-state index contributed by atoms with van der Waals surface area (Å²) in [6.45, 7) is 9.57. The molecule has 0 aliphatic heterocycles. The lowest BCUT2D eigenvalue weighted by atomic mass is 9.93. The van der Waals surface area contributed by atoms with Crippen LogP contribution in [-0.2, 0) is 6.42 Å². The Morgan fingerprint density at radius 3 is 2.30 bits per heavy atom. The van der Waals surface area contributed by atoms with Crippen LogP contribution < -0.4 is 5.32 Å². The van der Waals surface area contributed by atoms with Crippen molar-refractivity contribution in [2.45, 2.75) is 40.2 Å². The highest BCUT2D eigenvalue weighted by Crippen LogP contribution is 2.24. The summed E-state index contributed by atoms with van der Waals surface area (Å²) >= 11 is 0. The van der Waals surface area contributed by atoms with Gasteiger partial charge in [0.1, 0.15) is 0 Å². The second-order valence-electron chi connectivity index (χ2n) is 5.45. The van der Waals surface area contributed by atoms with E-state index in [1.165, 1.54) is 22.3 Å². The molecule has 1 heterocycles. The van der Waals surface area contributed by atoms with Crippen molar-refractivity contribution in [1.82, 2.24) is 10.3 Å². The number of likely N-dealkylation sites (N-methyl/N-ethyl adjacent to an activating group) is 1. The van der Waals surface area contributed by atoms with Crippen molar-refractivity contribution in [1.29, 1.82) is 0 Å². The van der Waals surface area contributed by atoms with E-state index in [0.29, 0.717) is 6.04 Å². The number of rotatable bonds is 5. The Kier molecular flexibility index (Phi) is 4.91. The monoisotopic (exact) mass is 268 g/mol. The summed E-state index contributed by atoms with van der Waals surface area (Å²) in [7, 11) is 0. The third-order valence-corrected chi connectivity index (χ3v) is 3.73. The smallest absolute Gasteiger partial charge is 0.0422 e. The van der Waals surface area contributed by atoms with E-state index in [1.54, 1.807) is 0 Å². The van der Waals surface area contributed by atoms with E-state index in [1.807, 2.05) is 6.20 Å². The van der Waals surface area contributed by atoms with Crippen LogP contribution in [0.3, 0.4) is 0 Å². The molecule has 0 saturated carbocycles. The fourth-order valence-corrected chi connectivity index (χ4v) is 2.73. The van der Waals surface area contributed by atoms with Crippen LogP contribution in [0.25, 0.3) is 0 Å². The first kappa shape index (κ1) is 14.7. The van der Waals surface area contributed by atoms with E-state index in [4.69, 9.17) is 0 Å². The predicted octanol–water partition coefficient (Wildman–Crippen LogP) is 3.90. The Bertz CT molecular complexity index is 538. The van der Waals surface area contributed by atoms with Crippen molar-refractivity contribution in [3.8, 4) is 0 Å². The van der Waals surface area contributed by atoms with E-state index >= 15 is 0 Å². The maximum absolute atomic E-state index is 4.55. The Morgan fingerprint density at radius 2 is 1.75 bits per heavy atom. The first-order valence-electron chi connectivity index (χ1n) is 7.32. The molecule has 1 aromatic heterocycles. The molecule has 2 heteroatoms. The number of benzene rings is 1. The van der Waals surface area contributed by atoms with Gasteiger partial charge in [0.05, 0.1) is 0 Å². The lowest BCUT2D eigenvalue weighted by molar-refractivity contribution is 0.539. The molecule has 20 heavy (non-hydrogen) atoms. The van der Waals surface area contributed by atoms with Crippen LogP contribution in [0, 0.1) is 20.8 Å². The van der Waals surface area contributed by atoms with Gasteiger partial charge in [0, 0.05) is 24.4 Å². The van der Waals surface area contributed by atoms with Crippen LogP contribution in [0.2, 0.25) is 0 Å². The van der Waals surface area contributed by atoms with Gasteiger partial charge in [-0.1, -0.05) is 31.2 Å². The summed E-state index contributed by atoms with van der Waals surface area (Å²) in [5.74, 6) is 0. The van der Waals surface area contributed by atoms with Crippen molar-refractivity contribution < 1.29 is 0 Å². The Hall–Kier alpha value is -1.67. The average molecular weight is 268 g/mol. The third kappa shape index (κ3) is 3.45. The zero-order valence-corrected chi connectivity index (χ0v) is 12.9. The summed E-state index contributed by atoms with van der Waals surface area (Å²) < 4.78 is 0. The molecule has 0 fully saturated rings. The van der Waals surface area contributed by atoms with Gasteiger partial charge in [-0.25, -0.2) is 0 Å². The fourth-order valence-electron chi connectivity index (χ4n) is 2.73. The molecule has 1 atom stereocenters. The van der Waals surface area contributed by atoms with Crippen molar-refractivity contribution in [2.24, 2.45) is 0 Å². The highest BCUT2D eigenvalue weighted by atomic mass is 14.9. The highest BCUT2D eigenvalue weighted by Gasteiger charge is 2.16. The van der Waals surface area contributed by atoms with Crippen LogP contribution in [0.5, 0.6) is 0 Å². The minimum absolute atomic E-state index is 0.330. The van der Waals surface area contributed by atoms with E-state index in [2.05, 4.69) is 68.3 Å². The molecular formula is C18H24N2. The van der Waals surface area contributed by atoms with Gasteiger partial charge in [-0.3, -0.25) is 4.98 Å². The van der Waals surface area contributed by atoms with Gasteiger partial charge in [-0.15, -0.1) is 0 Å². The molecular weight excluding hydrogens is 244 g/mol. The molecule has 0 amide bonds. The Labute approximate surface area is 122 Å². The van der Waals surface area contributed by atoms with E-state index in [-0.39, 0.29) is 0 Å². The summed E-state index contributed by atoms with van der Waals surface area (Å²) in [5.41, 5.74) is 6.47. The molecule has 1 N–H and O–H groups in total. The second-order valence-corrected chi connectivity index (χ2v) is 5.45. The molecule has 2 nitrogen and oxygen atoms in total. The van der Waals surface area contributed by atoms with Gasteiger partial charge in [0.15, 0.2) is 0 Å². The summed E-state index contributed by atoms with van der Waals surface area (Å²) in [6.07, 6.45) is 2.88. The lowest BCUT2D eigenvalue weighted by Crippen LogP contribution is -2.25. The van der Waals surface area contributed by atoms with E-state index in [9.17, 15) is 0 Å². The van der Waals surface area contributed by atoms with Gasteiger partial charge in [0.2, 0.25) is 0 Å². The zero-order chi connectivity index (χ0) is 14.5. The van der Waals surface area contributed by atoms with Crippen LogP contribution in [0.15, 0.2) is 36.5 Å². The number of aromatic nitrogens is 1. The van der Waals surface area contributed by atoms with Crippen molar-refractivity contribution in [3.05, 3.63) is 64.5 Å². The largest absolute Gasteiger partial charge is 0.310 e. The molecule has 0 aliphatic rings. The Morgan fingerprint density at radius 1 is 1.05 bits per heavy atom. The normalized spacial score (nSPS) is 12.4. The number of aryl methyl sites for hydroxylation is 3. The summed E-state index contributed by atoms with van der Waals surface area (Å²) in [4.78, 5) is 4.55. The minimum Gasteiger partial charge on any atom is -0.310 e. The minimum atomic E-state index is 0.330. The maximum Gasteiger partial charge on any atom is 0.0422 e. The number of pyridine rings is 1. The average Bonchev–Trinajstić information content (AvgIpc) is 2.41. The quantitative estimate of drug-likeness (QED) is 0.889. The van der Waals surface area contributed by atoms with Crippen molar-refractivity contribution >= 4 is 0 Å². The SMILES string of the molecule is CCNC(Cc1ccc(C)cn1)c1c(C)cccc1C. The van der Waals surface area contributed by atoms with Crippen LogP contribution >= 0.6 is 0 Å². The molecule has 2 rings (SSSR count). The first-order valence-corrected chi connectivity index (χ1v) is 7.32. The summed E-state index contributed by atoms with van der Waals surface area (Å²) in [5, 5.41) is 3.60. The van der Waals surface area contributed by atoms with Crippen molar-refractivity contribution in [2.75, 3.05) is 6.54 Å². The third-order valence-electron chi connectivity index (χ3n) is 3.73. The molecule has 106 valence electrons. The standard InChI is InChI=1S/C18H24N2/c1-5-19-17(11-16-10-9-13(2)12-20-16)18-14(3)7-6-8-15(18)4/h6-10,12,17,19H,5,11H2,1-4H3. The van der Waals surface area contributed by atoms with Gasteiger partial charge >= 0.3 is 0 Å². The molecule has 0 radical (unpaired) electrons. The summed E-state index contributed by atoms with van der Waals surface area (Å²) in [6, 6.07) is 11.1. The lowest BCUT2D eigenvalue weighted by Gasteiger charge is -2.22. The molecule has 2 aromatic rings. The van der Waals surface area contributed by atoms with E-state index < -0.39 is 0 Å². The second kappa shape index (κ2) is 6.67. The van der Waals surface area contributed by atoms with E-state index in [0.717, 1.165) is 18.7 Å². The Balaban J connectivity index is 2.29. The molecule has 1 unspecified atom stereocenters. The molecule has 0 bridgehead atoms. The molecule has 0 aliphatic carbocycles. The maximum atomic E-state index is 4.55. The zero-order valence-electron chi connectivity index (χ0n) is 12.9. The van der Waals surface area contributed by atoms with Crippen LogP contribution in [0.4, 0.5) is 0 Å². The molecule has 0 saturated heterocycles. The first-order chi connectivity index (χ1) is 9.61.